The van der Waals surface area contributed by atoms with Crippen molar-refractivity contribution in [2.24, 2.45) is 5.92 Å². The van der Waals surface area contributed by atoms with Crippen molar-refractivity contribution in [2.45, 2.75) is 19.3 Å². The molecule has 0 spiro atoms. The van der Waals surface area contributed by atoms with Crippen molar-refractivity contribution in [3.63, 3.8) is 0 Å². The summed E-state index contributed by atoms with van der Waals surface area (Å²) in [7, 11) is 0. The fourth-order valence-corrected chi connectivity index (χ4v) is 4.26. The Hall–Kier alpha value is -2.47. The van der Waals surface area contributed by atoms with Crippen LogP contribution in [0.15, 0.2) is 30.3 Å². The van der Waals surface area contributed by atoms with Crippen molar-refractivity contribution in [1.29, 1.82) is 0 Å². The van der Waals surface area contributed by atoms with Crippen LogP contribution in [-0.4, -0.2) is 26.4 Å². The summed E-state index contributed by atoms with van der Waals surface area (Å²) < 4.78 is 0. The molecule has 2 N–H and O–H groups in total. The maximum absolute atomic E-state index is 11.3. The van der Waals surface area contributed by atoms with Crippen molar-refractivity contribution in [2.75, 3.05) is 0 Å². The Labute approximate surface area is 136 Å². The molecule has 0 saturated heterocycles. The molecule has 2 heterocycles. The second kappa shape index (κ2) is 5.31. The van der Waals surface area contributed by atoms with E-state index in [0.29, 0.717) is 24.1 Å². The van der Waals surface area contributed by atoms with Crippen molar-refractivity contribution in [1.82, 2.24) is 10.2 Å². The molecule has 0 saturated carbocycles. The first-order valence-corrected chi connectivity index (χ1v) is 8.24. The van der Waals surface area contributed by atoms with Crippen LogP contribution >= 0.6 is 11.3 Å². The van der Waals surface area contributed by atoms with E-state index in [1.807, 2.05) is 12.1 Å². The highest BCUT2D eigenvalue weighted by Crippen LogP contribution is 2.39. The SMILES string of the molecule is O=C(O)[C@H]1CCc2sc3nnc(-c4ccccc4O)cc3c2C1. The molecule has 23 heavy (non-hydrogen) atoms. The first-order chi connectivity index (χ1) is 11.1. The minimum absolute atomic E-state index is 0.161. The van der Waals surface area contributed by atoms with Crippen LogP contribution in [0.1, 0.15) is 16.9 Å². The summed E-state index contributed by atoms with van der Waals surface area (Å²) in [6, 6.07) is 8.92. The molecule has 0 amide bonds. The minimum Gasteiger partial charge on any atom is -0.507 e. The largest absolute Gasteiger partial charge is 0.507 e. The lowest BCUT2D eigenvalue weighted by Gasteiger charge is -2.18. The smallest absolute Gasteiger partial charge is 0.306 e. The van der Waals surface area contributed by atoms with E-state index in [1.54, 1.807) is 29.5 Å². The molecule has 0 unspecified atom stereocenters. The predicted octanol–water partition coefficient (Wildman–Crippen LogP) is 3.25. The van der Waals surface area contributed by atoms with Crippen LogP contribution in [0.4, 0.5) is 0 Å². The van der Waals surface area contributed by atoms with Gasteiger partial charge in [0, 0.05) is 15.8 Å². The van der Waals surface area contributed by atoms with Crippen LogP contribution in [0.25, 0.3) is 21.5 Å². The van der Waals surface area contributed by atoms with Crippen LogP contribution in [0.2, 0.25) is 0 Å². The highest BCUT2D eigenvalue weighted by atomic mass is 32.1. The van der Waals surface area contributed by atoms with Gasteiger partial charge in [-0.3, -0.25) is 4.79 Å². The molecule has 0 radical (unpaired) electrons. The van der Waals surface area contributed by atoms with Gasteiger partial charge in [-0.1, -0.05) is 12.1 Å². The fraction of sp³-hybridized carbons (Fsp3) is 0.235. The number of hydrogen-bond donors (Lipinski definition) is 2. The van der Waals surface area contributed by atoms with Gasteiger partial charge in [0.15, 0.2) is 0 Å². The van der Waals surface area contributed by atoms with E-state index in [9.17, 15) is 15.0 Å². The number of carboxylic acid groups (broad SMARTS) is 1. The summed E-state index contributed by atoms with van der Waals surface area (Å²) in [4.78, 5) is 13.3. The number of phenols is 1. The summed E-state index contributed by atoms with van der Waals surface area (Å²) in [5, 5.41) is 28.7. The number of rotatable bonds is 2. The topological polar surface area (TPSA) is 83.3 Å². The Bertz CT molecular complexity index is 919. The van der Waals surface area contributed by atoms with Crippen molar-refractivity contribution in [3.05, 3.63) is 40.8 Å². The number of nitrogens with zero attached hydrogens (tertiary/aromatic N) is 2. The molecule has 5 nitrogen and oxygen atoms in total. The molecule has 3 aromatic rings. The average molecular weight is 326 g/mol. The maximum atomic E-state index is 11.3. The van der Waals surface area contributed by atoms with Crippen molar-refractivity contribution >= 4 is 27.5 Å². The monoisotopic (exact) mass is 326 g/mol. The van der Waals surface area contributed by atoms with E-state index < -0.39 is 5.97 Å². The summed E-state index contributed by atoms with van der Waals surface area (Å²) in [6.07, 6.45) is 1.99. The molecule has 2 aromatic heterocycles. The molecule has 0 aliphatic heterocycles. The standard InChI is InChI=1S/C17H14N2O3S/c20-14-4-2-1-3-10(14)13-8-12-11-7-9(17(21)22)5-6-15(11)23-16(12)19-18-13/h1-4,8-9,20H,5-7H2,(H,21,22)/t9-/m0/s1. The lowest BCUT2D eigenvalue weighted by Crippen LogP contribution is -2.21. The van der Waals surface area contributed by atoms with Gasteiger partial charge in [-0.2, -0.15) is 0 Å². The van der Waals surface area contributed by atoms with E-state index in [0.717, 1.165) is 22.2 Å². The second-order valence-corrected chi connectivity index (χ2v) is 6.83. The lowest BCUT2D eigenvalue weighted by molar-refractivity contribution is -0.142. The number of benzene rings is 1. The van der Waals surface area contributed by atoms with Gasteiger partial charge in [-0.15, -0.1) is 21.5 Å². The molecule has 6 heteroatoms. The highest BCUT2D eigenvalue weighted by molar-refractivity contribution is 7.18. The second-order valence-electron chi connectivity index (χ2n) is 5.75. The minimum atomic E-state index is -0.738. The van der Waals surface area contributed by atoms with Crippen LogP contribution in [0, 0.1) is 5.92 Å². The third-order valence-corrected chi connectivity index (χ3v) is 5.53. The zero-order chi connectivity index (χ0) is 16.0. The number of para-hydroxylation sites is 1. The number of carboxylic acids is 1. The van der Waals surface area contributed by atoms with Crippen molar-refractivity contribution < 1.29 is 15.0 Å². The fourth-order valence-electron chi connectivity index (χ4n) is 3.11. The lowest BCUT2D eigenvalue weighted by atomic mass is 9.87. The summed E-state index contributed by atoms with van der Waals surface area (Å²) in [5.74, 6) is -0.909. The number of thiophene rings is 1. The number of fused-ring (bicyclic) bond motifs is 3. The van der Waals surface area contributed by atoms with Gasteiger partial charge in [0.25, 0.3) is 0 Å². The molecular weight excluding hydrogens is 312 g/mol. The first kappa shape index (κ1) is 14.1. The Morgan fingerprint density at radius 1 is 1.26 bits per heavy atom. The van der Waals surface area contributed by atoms with E-state index in [4.69, 9.17) is 0 Å². The summed E-state index contributed by atoms with van der Waals surface area (Å²) in [5.41, 5.74) is 2.32. The molecule has 1 aliphatic carbocycles. The van der Waals surface area contributed by atoms with E-state index >= 15 is 0 Å². The predicted molar refractivity (Wildman–Crippen MR) is 87.7 cm³/mol. The zero-order valence-corrected chi connectivity index (χ0v) is 13.0. The summed E-state index contributed by atoms with van der Waals surface area (Å²) >= 11 is 1.59. The van der Waals surface area contributed by atoms with Gasteiger partial charge in [0.1, 0.15) is 10.6 Å². The molecule has 1 atom stereocenters. The number of phenolic OH excluding ortho intramolecular Hbond substituents is 1. The first-order valence-electron chi connectivity index (χ1n) is 7.42. The Kier molecular flexibility index (Phi) is 3.27. The number of aromatic nitrogens is 2. The van der Waals surface area contributed by atoms with Gasteiger partial charge in [0.05, 0.1) is 11.6 Å². The maximum Gasteiger partial charge on any atom is 0.306 e. The Morgan fingerprint density at radius 3 is 2.87 bits per heavy atom. The van der Waals surface area contributed by atoms with Gasteiger partial charge in [0.2, 0.25) is 0 Å². The molecule has 1 aromatic carbocycles. The van der Waals surface area contributed by atoms with E-state index in [1.165, 1.54) is 4.88 Å². The molecule has 116 valence electrons. The molecule has 4 rings (SSSR count). The van der Waals surface area contributed by atoms with E-state index in [2.05, 4.69) is 10.2 Å². The Balaban J connectivity index is 1.85. The normalized spacial score (nSPS) is 17.1. The molecule has 0 bridgehead atoms. The van der Waals surface area contributed by atoms with Gasteiger partial charge >= 0.3 is 5.97 Å². The van der Waals surface area contributed by atoms with Crippen LogP contribution in [-0.2, 0) is 17.6 Å². The zero-order valence-electron chi connectivity index (χ0n) is 12.2. The quantitative estimate of drug-likeness (QED) is 0.755. The number of aliphatic carboxylic acids is 1. The van der Waals surface area contributed by atoms with E-state index in [-0.39, 0.29) is 11.7 Å². The Morgan fingerprint density at radius 2 is 2.09 bits per heavy atom. The third-order valence-electron chi connectivity index (χ3n) is 4.34. The number of aryl methyl sites for hydroxylation is 1. The highest BCUT2D eigenvalue weighted by Gasteiger charge is 2.28. The molecule has 1 aliphatic rings. The molecule has 0 fully saturated rings. The third kappa shape index (κ3) is 2.35. The van der Waals surface area contributed by atoms with Crippen LogP contribution in [0.5, 0.6) is 5.75 Å². The van der Waals surface area contributed by atoms with Gasteiger partial charge < -0.3 is 10.2 Å². The molecular formula is C17H14N2O3S. The number of aromatic hydroxyl groups is 1. The van der Waals surface area contributed by atoms with Crippen LogP contribution in [0.3, 0.4) is 0 Å². The van der Waals surface area contributed by atoms with Gasteiger partial charge in [-0.05, 0) is 43.0 Å². The van der Waals surface area contributed by atoms with Gasteiger partial charge in [-0.25, -0.2) is 0 Å². The number of carbonyl (C=O) groups is 1. The van der Waals surface area contributed by atoms with Crippen LogP contribution < -0.4 is 0 Å². The van der Waals surface area contributed by atoms with Crippen molar-refractivity contribution in [3.8, 4) is 17.0 Å². The number of hydrogen-bond acceptors (Lipinski definition) is 5. The summed E-state index contributed by atoms with van der Waals surface area (Å²) in [6.45, 7) is 0. The average Bonchev–Trinajstić information content (AvgIpc) is 2.92.